The van der Waals surface area contributed by atoms with Crippen LogP contribution in [0.2, 0.25) is 0 Å². The monoisotopic (exact) mass is 268 g/mol. The molecule has 0 aliphatic carbocycles. The van der Waals surface area contributed by atoms with Crippen LogP contribution in [-0.4, -0.2) is 19.2 Å². The second-order valence-electron chi connectivity index (χ2n) is 4.47. The lowest BCUT2D eigenvalue weighted by atomic mass is 10.2. The van der Waals surface area contributed by atoms with Gasteiger partial charge in [0, 0.05) is 29.4 Å². The van der Waals surface area contributed by atoms with E-state index in [1.807, 2.05) is 48.7 Å². The lowest BCUT2D eigenvalue weighted by Crippen LogP contribution is -1.90. The average Bonchev–Trinajstić information content (AvgIpc) is 2.89. The average molecular weight is 268 g/mol. The van der Waals surface area contributed by atoms with Crippen LogP contribution >= 0.6 is 0 Å². The fraction of sp³-hybridized carbons (Fsp3) is 0.125. The van der Waals surface area contributed by atoms with E-state index in [2.05, 4.69) is 10.3 Å². The first-order valence-electron chi connectivity index (χ1n) is 6.36. The molecule has 0 bridgehead atoms. The van der Waals surface area contributed by atoms with Crippen molar-refractivity contribution in [1.82, 2.24) is 4.98 Å². The smallest absolute Gasteiger partial charge is 0.120 e. The van der Waals surface area contributed by atoms with Gasteiger partial charge in [0.2, 0.25) is 0 Å². The van der Waals surface area contributed by atoms with Crippen LogP contribution in [0, 0.1) is 0 Å². The normalized spacial score (nSPS) is 10.5. The third-order valence-corrected chi connectivity index (χ3v) is 3.24. The summed E-state index contributed by atoms with van der Waals surface area (Å²) in [6, 6.07) is 13.8. The maximum Gasteiger partial charge on any atom is 0.120 e. The van der Waals surface area contributed by atoms with Gasteiger partial charge in [-0.3, -0.25) is 0 Å². The lowest BCUT2D eigenvalue weighted by molar-refractivity contribution is 0.415. The summed E-state index contributed by atoms with van der Waals surface area (Å²) in [5.74, 6) is 1.67. The molecule has 1 aromatic heterocycles. The fourth-order valence-corrected chi connectivity index (χ4v) is 2.19. The second-order valence-corrected chi connectivity index (χ2v) is 4.47. The first kappa shape index (κ1) is 12.4. The molecule has 0 amide bonds. The van der Waals surface area contributed by atoms with Crippen molar-refractivity contribution in [1.29, 1.82) is 0 Å². The number of fused-ring (bicyclic) bond motifs is 1. The van der Waals surface area contributed by atoms with E-state index in [0.29, 0.717) is 0 Å². The molecule has 0 aliphatic rings. The molecule has 2 N–H and O–H groups in total. The fourth-order valence-electron chi connectivity index (χ4n) is 2.19. The van der Waals surface area contributed by atoms with E-state index in [4.69, 9.17) is 9.47 Å². The number of nitrogens with one attached hydrogen (secondary N) is 2. The summed E-state index contributed by atoms with van der Waals surface area (Å²) in [6.07, 6.45) is 1.95. The Morgan fingerprint density at radius 1 is 0.950 bits per heavy atom. The van der Waals surface area contributed by atoms with Crippen LogP contribution in [0.5, 0.6) is 11.5 Å². The van der Waals surface area contributed by atoms with Crippen molar-refractivity contribution in [2.24, 2.45) is 0 Å². The predicted octanol–water partition coefficient (Wildman–Crippen LogP) is 3.93. The Morgan fingerprint density at radius 2 is 1.75 bits per heavy atom. The molecular weight excluding hydrogens is 252 g/mol. The van der Waals surface area contributed by atoms with E-state index < -0.39 is 0 Å². The Morgan fingerprint density at radius 3 is 2.55 bits per heavy atom. The van der Waals surface area contributed by atoms with Gasteiger partial charge in [-0.05, 0) is 24.3 Å². The van der Waals surface area contributed by atoms with Crippen LogP contribution in [0.15, 0.2) is 48.7 Å². The second kappa shape index (κ2) is 5.17. The molecule has 1 heterocycles. The Hall–Kier alpha value is -2.62. The molecule has 20 heavy (non-hydrogen) atoms. The quantitative estimate of drug-likeness (QED) is 0.753. The van der Waals surface area contributed by atoms with E-state index >= 15 is 0 Å². The van der Waals surface area contributed by atoms with Crippen molar-refractivity contribution in [3.63, 3.8) is 0 Å². The Labute approximate surface area is 117 Å². The number of ether oxygens (including phenoxy) is 2. The van der Waals surface area contributed by atoms with Crippen LogP contribution in [0.3, 0.4) is 0 Å². The van der Waals surface area contributed by atoms with Gasteiger partial charge in [0.05, 0.1) is 25.4 Å². The summed E-state index contributed by atoms with van der Waals surface area (Å²) in [4.78, 5) is 3.24. The topological polar surface area (TPSA) is 46.3 Å². The van der Waals surface area contributed by atoms with Gasteiger partial charge in [0.1, 0.15) is 11.5 Å². The van der Waals surface area contributed by atoms with Gasteiger partial charge < -0.3 is 19.8 Å². The Balaban J connectivity index is 1.94. The number of anilines is 2. The summed E-state index contributed by atoms with van der Waals surface area (Å²) >= 11 is 0. The molecule has 0 saturated heterocycles. The molecule has 0 fully saturated rings. The van der Waals surface area contributed by atoms with Crippen molar-refractivity contribution in [2.75, 3.05) is 19.5 Å². The minimum Gasteiger partial charge on any atom is -0.497 e. The van der Waals surface area contributed by atoms with E-state index in [1.54, 1.807) is 14.2 Å². The highest BCUT2D eigenvalue weighted by Crippen LogP contribution is 2.29. The molecular formula is C16H16N2O2. The minimum absolute atomic E-state index is 0.830. The number of benzene rings is 2. The number of H-pyrrole nitrogens is 1. The predicted molar refractivity (Wildman–Crippen MR) is 81.1 cm³/mol. The van der Waals surface area contributed by atoms with Gasteiger partial charge in [-0.1, -0.05) is 6.07 Å². The van der Waals surface area contributed by atoms with Crippen molar-refractivity contribution in [2.45, 2.75) is 0 Å². The van der Waals surface area contributed by atoms with E-state index in [0.717, 1.165) is 33.8 Å². The van der Waals surface area contributed by atoms with Crippen LogP contribution in [-0.2, 0) is 0 Å². The molecule has 2 aromatic carbocycles. The summed E-state index contributed by atoms with van der Waals surface area (Å²) in [7, 11) is 3.33. The number of methoxy groups -OCH3 is 2. The molecule has 4 heteroatoms. The Bertz CT molecular complexity index is 734. The van der Waals surface area contributed by atoms with E-state index in [-0.39, 0.29) is 0 Å². The highest BCUT2D eigenvalue weighted by Gasteiger charge is 2.05. The number of hydrogen-bond donors (Lipinski definition) is 2. The van der Waals surface area contributed by atoms with Gasteiger partial charge in [0.25, 0.3) is 0 Å². The molecule has 0 atom stereocenters. The van der Waals surface area contributed by atoms with Crippen molar-refractivity contribution >= 4 is 22.3 Å². The highest BCUT2D eigenvalue weighted by atomic mass is 16.5. The van der Waals surface area contributed by atoms with Crippen LogP contribution in [0.1, 0.15) is 0 Å². The molecule has 0 spiro atoms. The maximum absolute atomic E-state index is 5.23. The SMILES string of the molecule is COc1cccc(Nc2c[nH]c3cc(OC)ccc23)c1. The maximum atomic E-state index is 5.23. The minimum atomic E-state index is 0.830. The first-order chi connectivity index (χ1) is 9.80. The number of aromatic nitrogens is 1. The van der Waals surface area contributed by atoms with Gasteiger partial charge >= 0.3 is 0 Å². The summed E-state index contributed by atoms with van der Waals surface area (Å²) in [5, 5.41) is 4.51. The molecule has 102 valence electrons. The zero-order valence-electron chi connectivity index (χ0n) is 11.4. The molecule has 3 aromatic rings. The molecule has 4 nitrogen and oxygen atoms in total. The Kier molecular flexibility index (Phi) is 3.21. The lowest BCUT2D eigenvalue weighted by Gasteiger charge is -2.07. The standard InChI is InChI=1S/C16H16N2O2/c1-19-12-5-3-4-11(8-12)18-16-10-17-15-9-13(20-2)6-7-14(15)16/h3-10,17-18H,1-2H3. The summed E-state index contributed by atoms with van der Waals surface area (Å²) in [5.41, 5.74) is 3.05. The number of hydrogen-bond acceptors (Lipinski definition) is 3. The highest BCUT2D eigenvalue weighted by molar-refractivity contribution is 5.94. The van der Waals surface area contributed by atoms with E-state index in [9.17, 15) is 0 Å². The molecule has 3 rings (SSSR count). The van der Waals surface area contributed by atoms with Crippen molar-refractivity contribution in [3.8, 4) is 11.5 Å². The van der Waals surface area contributed by atoms with Crippen LogP contribution in [0.25, 0.3) is 10.9 Å². The van der Waals surface area contributed by atoms with Gasteiger partial charge in [0.15, 0.2) is 0 Å². The molecule has 0 aliphatic heterocycles. The zero-order chi connectivity index (χ0) is 13.9. The molecule has 0 saturated carbocycles. The van der Waals surface area contributed by atoms with Gasteiger partial charge in [-0.25, -0.2) is 0 Å². The van der Waals surface area contributed by atoms with Crippen LogP contribution in [0.4, 0.5) is 11.4 Å². The zero-order valence-corrected chi connectivity index (χ0v) is 11.4. The first-order valence-corrected chi connectivity index (χ1v) is 6.36. The third kappa shape index (κ3) is 2.28. The molecule has 0 radical (unpaired) electrons. The van der Waals surface area contributed by atoms with Crippen molar-refractivity contribution in [3.05, 3.63) is 48.7 Å². The number of rotatable bonds is 4. The summed E-state index contributed by atoms with van der Waals surface area (Å²) < 4.78 is 10.5. The van der Waals surface area contributed by atoms with Gasteiger partial charge in [-0.2, -0.15) is 0 Å². The summed E-state index contributed by atoms with van der Waals surface area (Å²) in [6.45, 7) is 0. The largest absolute Gasteiger partial charge is 0.497 e. The molecule has 0 unspecified atom stereocenters. The van der Waals surface area contributed by atoms with Crippen molar-refractivity contribution < 1.29 is 9.47 Å². The van der Waals surface area contributed by atoms with Gasteiger partial charge in [-0.15, -0.1) is 0 Å². The van der Waals surface area contributed by atoms with Crippen LogP contribution < -0.4 is 14.8 Å². The van der Waals surface area contributed by atoms with E-state index in [1.165, 1.54) is 0 Å². The number of aromatic amines is 1. The third-order valence-electron chi connectivity index (χ3n) is 3.24.